The lowest BCUT2D eigenvalue weighted by atomic mass is 10.0. The molecule has 144 valence electrons. The molecule has 3 heteroatoms. The molecule has 0 radical (unpaired) electrons. The summed E-state index contributed by atoms with van der Waals surface area (Å²) in [6, 6.07) is 33.0. The first kappa shape index (κ1) is 18.9. The number of hydrogen-bond acceptors (Lipinski definition) is 2. The molecule has 0 saturated carbocycles. The van der Waals surface area contributed by atoms with E-state index in [9.17, 15) is 4.79 Å². The van der Waals surface area contributed by atoms with Gasteiger partial charge in [0.2, 0.25) is 5.91 Å². The molecule has 0 aromatic heterocycles. The topological polar surface area (TPSA) is 46.3 Å². The number of carbonyl (C=O) groups excluding carboxylic acids is 1. The van der Waals surface area contributed by atoms with Crippen LogP contribution in [0.3, 0.4) is 0 Å². The molecular weight excluding hydrogens is 356 g/mol. The van der Waals surface area contributed by atoms with Crippen molar-refractivity contribution in [3.63, 3.8) is 0 Å². The van der Waals surface area contributed by atoms with Crippen molar-refractivity contribution in [1.82, 2.24) is 0 Å². The summed E-state index contributed by atoms with van der Waals surface area (Å²) in [6.45, 7) is 0.588. The Morgan fingerprint density at radius 2 is 1.38 bits per heavy atom. The number of hydrogen-bond donors (Lipinski definition) is 1. The largest absolute Gasteiger partial charge is 0.322 e. The van der Waals surface area contributed by atoms with E-state index in [2.05, 4.69) is 54.6 Å². The summed E-state index contributed by atoms with van der Waals surface area (Å²) < 4.78 is 0. The molecule has 4 aromatic rings. The molecule has 4 aromatic carbocycles. The van der Waals surface area contributed by atoms with Gasteiger partial charge in [-0.2, -0.15) is 0 Å². The average molecular weight is 380 g/mol. The molecule has 0 saturated heterocycles. The Kier molecular flexibility index (Phi) is 5.68. The first-order valence-corrected chi connectivity index (χ1v) is 9.89. The lowest BCUT2D eigenvalue weighted by Crippen LogP contribution is -2.37. The molecule has 0 bridgehead atoms. The van der Waals surface area contributed by atoms with Crippen molar-refractivity contribution in [3.05, 3.63) is 103 Å². The number of benzene rings is 4. The van der Waals surface area contributed by atoms with E-state index in [0.29, 0.717) is 6.54 Å². The van der Waals surface area contributed by atoms with Crippen molar-refractivity contribution < 1.29 is 4.79 Å². The van der Waals surface area contributed by atoms with E-state index >= 15 is 0 Å². The summed E-state index contributed by atoms with van der Waals surface area (Å²) in [6.07, 6.45) is 0.768. The molecule has 0 aliphatic heterocycles. The third-order valence-electron chi connectivity index (χ3n) is 5.22. The first-order valence-electron chi connectivity index (χ1n) is 9.89. The van der Waals surface area contributed by atoms with Gasteiger partial charge in [-0.05, 0) is 34.6 Å². The predicted octanol–water partition coefficient (Wildman–Crippen LogP) is 5.04. The van der Waals surface area contributed by atoms with Crippen molar-refractivity contribution in [2.75, 3.05) is 18.0 Å². The third kappa shape index (κ3) is 4.20. The van der Waals surface area contributed by atoms with E-state index in [-0.39, 0.29) is 12.5 Å². The Bertz CT molecular complexity index is 1100. The third-order valence-corrected chi connectivity index (χ3v) is 5.22. The molecule has 4 rings (SSSR count). The van der Waals surface area contributed by atoms with Gasteiger partial charge in [-0.3, -0.25) is 4.79 Å². The van der Waals surface area contributed by atoms with Crippen LogP contribution in [0.4, 0.5) is 5.69 Å². The number of carbonyl (C=O) groups is 1. The molecule has 2 N–H and O–H groups in total. The van der Waals surface area contributed by atoms with Gasteiger partial charge in [0, 0.05) is 11.9 Å². The maximum absolute atomic E-state index is 12.6. The monoisotopic (exact) mass is 380 g/mol. The molecule has 0 fully saturated rings. The highest BCUT2D eigenvalue weighted by molar-refractivity contribution is 6.04. The van der Waals surface area contributed by atoms with Gasteiger partial charge < -0.3 is 10.6 Å². The Balaban J connectivity index is 1.56. The first-order chi connectivity index (χ1) is 14.3. The van der Waals surface area contributed by atoms with E-state index in [0.717, 1.165) is 22.9 Å². The van der Waals surface area contributed by atoms with Crippen molar-refractivity contribution in [2.24, 2.45) is 5.73 Å². The number of nitrogens with two attached hydrogens (primary N) is 1. The van der Waals surface area contributed by atoms with Gasteiger partial charge >= 0.3 is 0 Å². The van der Waals surface area contributed by atoms with Crippen LogP contribution in [-0.4, -0.2) is 19.0 Å². The predicted molar refractivity (Wildman–Crippen MR) is 121 cm³/mol. The quantitative estimate of drug-likeness (QED) is 0.509. The van der Waals surface area contributed by atoms with Crippen LogP contribution in [0.15, 0.2) is 97.1 Å². The maximum Gasteiger partial charge on any atom is 0.240 e. The molecule has 0 heterocycles. The lowest BCUT2D eigenvalue weighted by Gasteiger charge is -2.24. The van der Waals surface area contributed by atoms with Crippen LogP contribution < -0.4 is 10.6 Å². The molecule has 0 spiro atoms. The van der Waals surface area contributed by atoms with Crippen LogP contribution in [0, 0.1) is 0 Å². The second-order valence-corrected chi connectivity index (χ2v) is 7.06. The number of anilines is 1. The van der Waals surface area contributed by atoms with E-state index < -0.39 is 0 Å². The number of fused-ring (bicyclic) bond motifs is 1. The molecule has 1 amide bonds. The average Bonchev–Trinajstić information content (AvgIpc) is 2.80. The van der Waals surface area contributed by atoms with Crippen molar-refractivity contribution >= 4 is 22.4 Å². The van der Waals surface area contributed by atoms with E-state index in [4.69, 9.17) is 5.73 Å². The summed E-state index contributed by atoms with van der Waals surface area (Å²) in [5.74, 6) is -0.0674. The van der Waals surface area contributed by atoms with Crippen LogP contribution in [0.1, 0.15) is 5.56 Å². The Morgan fingerprint density at radius 3 is 2.14 bits per heavy atom. The van der Waals surface area contributed by atoms with Crippen molar-refractivity contribution in [3.8, 4) is 11.1 Å². The number of nitrogens with zero attached hydrogens (tertiary/aromatic N) is 1. The SMILES string of the molecule is NCC(=O)N(CCc1ccc(-c2ccccc2)cc1)c1cccc2ccccc12. The zero-order chi connectivity index (χ0) is 20.1. The standard InChI is InChI=1S/C26H24N2O/c27-19-26(29)28(25-12-6-10-23-9-4-5-11-24(23)25)18-17-20-13-15-22(16-14-20)21-7-2-1-3-8-21/h1-16H,17-19,27H2. The number of amides is 1. The fraction of sp³-hybridized carbons (Fsp3) is 0.115. The number of rotatable bonds is 6. The van der Waals surface area contributed by atoms with Gasteiger partial charge in [-0.25, -0.2) is 0 Å². The van der Waals surface area contributed by atoms with Crippen LogP contribution in [0.5, 0.6) is 0 Å². The highest BCUT2D eigenvalue weighted by atomic mass is 16.2. The molecule has 0 aliphatic carbocycles. The van der Waals surface area contributed by atoms with Crippen molar-refractivity contribution in [2.45, 2.75) is 6.42 Å². The summed E-state index contributed by atoms with van der Waals surface area (Å²) in [5.41, 5.74) is 10.2. The van der Waals surface area contributed by atoms with Crippen LogP contribution in [0.25, 0.3) is 21.9 Å². The minimum atomic E-state index is -0.0674. The molecule has 0 atom stereocenters. The fourth-order valence-electron chi connectivity index (χ4n) is 3.67. The van der Waals surface area contributed by atoms with Gasteiger partial charge in [0.1, 0.15) is 0 Å². The Morgan fingerprint density at radius 1 is 0.724 bits per heavy atom. The molecular formula is C26H24N2O. The van der Waals surface area contributed by atoms with E-state index in [1.807, 2.05) is 47.4 Å². The second kappa shape index (κ2) is 8.72. The Labute approximate surface area is 171 Å². The molecule has 3 nitrogen and oxygen atoms in total. The smallest absolute Gasteiger partial charge is 0.240 e. The lowest BCUT2D eigenvalue weighted by molar-refractivity contribution is -0.117. The van der Waals surface area contributed by atoms with Gasteiger partial charge in [0.25, 0.3) is 0 Å². The van der Waals surface area contributed by atoms with Gasteiger partial charge in [-0.1, -0.05) is 91.0 Å². The second-order valence-electron chi connectivity index (χ2n) is 7.06. The Hall–Kier alpha value is -3.43. The zero-order valence-electron chi connectivity index (χ0n) is 16.3. The fourth-order valence-corrected chi connectivity index (χ4v) is 3.67. The molecule has 0 unspecified atom stereocenters. The van der Waals surface area contributed by atoms with Gasteiger partial charge in [0.15, 0.2) is 0 Å². The molecule has 0 aliphatic rings. The normalized spacial score (nSPS) is 10.8. The van der Waals surface area contributed by atoms with Crippen molar-refractivity contribution in [1.29, 1.82) is 0 Å². The highest BCUT2D eigenvalue weighted by Gasteiger charge is 2.16. The summed E-state index contributed by atoms with van der Waals surface area (Å²) in [5, 5.41) is 2.18. The maximum atomic E-state index is 12.6. The van der Waals surface area contributed by atoms with E-state index in [1.54, 1.807) is 0 Å². The summed E-state index contributed by atoms with van der Waals surface area (Å²) >= 11 is 0. The molecule has 29 heavy (non-hydrogen) atoms. The van der Waals surface area contributed by atoms with Crippen LogP contribution >= 0.6 is 0 Å². The van der Waals surface area contributed by atoms with E-state index in [1.165, 1.54) is 16.7 Å². The minimum Gasteiger partial charge on any atom is -0.322 e. The van der Waals surface area contributed by atoms with Gasteiger partial charge in [-0.15, -0.1) is 0 Å². The van der Waals surface area contributed by atoms with Gasteiger partial charge in [0.05, 0.1) is 12.2 Å². The minimum absolute atomic E-state index is 0.00380. The highest BCUT2D eigenvalue weighted by Crippen LogP contribution is 2.27. The zero-order valence-corrected chi connectivity index (χ0v) is 16.3. The summed E-state index contributed by atoms with van der Waals surface area (Å²) in [4.78, 5) is 14.4. The van der Waals surface area contributed by atoms with Crippen LogP contribution in [0.2, 0.25) is 0 Å². The van der Waals surface area contributed by atoms with Crippen LogP contribution in [-0.2, 0) is 11.2 Å². The summed E-state index contributed by atoms with van der Waals surface area (Å²) in [7, 11) is 0.